The molecule has 3 heterocycles. The first kappa shape index (κ1) is 20.4. The van der Waals surface area contributed by atoms with E-state index in [2.05, 4.69) is 24.8 Å². The number of aromatic nitrogens is 4. The quantitative estimate of drug-likeness (QED) is 0.513. The third-order valence-corrected chi connectivity index (χ3v) is 6.00. The number of nitrogens with zero attached hydrogens (tertiary/aromatic N) is 5. The molecule has 0 radical (unpaired) electrons. The Balaban J connectivity index is 1.32. The number of carbonyl (C=O) groups excluding carboxylic acids is 1. The van der Waals surface area contributed by atoms with Crippen LogP contribution in [-0.4, -0.2) is 56.9 Å². The highest BCUT2D eigenvalue weighted by Gasteiger charge is 2.25. The maximum absolute atomic E-state index is 14.2. The average Bonchev–Trinajstić information content (AvgIpc) is 3.25. The Morgan fingerprint density at radius 2 is 1.78 bits per heavy atom. The molecule has 4 aromatic rings. The van der Waals surface area contributed by atoms with Crippen molar-refractivity contribution in [2.75, 3.05) is 31.1 Å². The predicted octanol–water partition coefficient (Wildman–Crippen LogP) is 3.70. The van der Waals surface area contributed by atoms with Crippen molar-refractivity contribution < 1.29 is 9.18 Å². The lowest BCUT2D eigenvalue weighted by Crippen LogP contribution is -2.49. The number of H-pyrrole nitrogens is 1. The third kappa shape index (κ3) is 3.89. The second-order valence-electron chi connectivity index (χ2n) is 7.60. The molecule has 0 atom stereocenters. The van der Waals surface area contributed by atoms with Crippen molar-refractivity contribution in [1.29, 1.82) is 0 Å². The molecule has 1 amide bonds. The van der Waals surface area contributed by atoms with Crippen LogP contribution in [0.2, 0.25) is 5.02 Å². The van der Waals surface area contributed by atoms with Crippen molar-refractivity contribution in [1.82, 2.24) is 24.8 Å². The summed E-state index contributed by atoms with van der Waals surface area (Å²) in [6, 6.07) is 13.9. The second kappa shape index (κ2) is 8.55. The van der Waals surface area contributed by atoms with E-state index in [4.69, 9.17) is 11.6 Å². The van der Waals surface area contributed by atoms with Crippen molar-refractivity contribution in [3.63, 3.8) is 0 Å². The van der Waals surface area contributed by atoms with E-state index in [1.165, 1.54) is 12.4 Å². The molecule has 0 saturated carbocycles. The molecule has 1 aliphatic heterocycles. The number of hydrogen-bond acceptors (Lipinski definition) is 5. The molecule has 2 aromatic carbocycles. The van der Waals surface area contributed by atoms with Crippen LogP contribution in [-0.2, 0) is 11.2 Å². The zero-order valence-corrected chi connectivity index (χ0v) is 17.9. The molecule has 0 bridgehead atoms. The van der Waals surface area contributed by atoms with Gasteiger partial charge >= 0.3 is 0 Å². The highest BCUT2D eigenvalue weighted by Crippen LogP contribution is 2.27. The number of carbonyl (C=O) groups is 1. The summed E-state index contributed by atoms with van der Waals surface area (Å²) in [5.74, 6) is 0.803. The minimum Gasteiger partial charge on any atom is -0.351 e. The third-order valence-electron chi connectivity index (χ3n) is 5.63. The number of imidazole rings is 1. The van der Waals surface area contributed by atoms with Crippen LogP contribution in [0, 0.1) is 5.82 Å². The molecule has 162 valence electrons. The zero-order valence-electron chi connectivity index (χ0n) is 17.1. The summed E-state index contributed by atoms with van der Waals surface area (Å²) in [5.41, 5.74) is 2.34. The van der Waals surface area contributed by atoms with E-state index in [0.29, 0.717) is 59.6 Å². The fraction of sp³-hybridized carbons (Fsp3) is 0.217. The number of anilines is 1. The van der Waals surface area contributed by atoms with Gasteiger partial charge in [-0.15, -0.1) is 0 Å². The Kier molecular flexibility index (Phi) is 5.45. The standard InChI is InChI=1S/C23H20ClFN6O/c24-17-7-3-1-5-15(17)13-19(32)30-9-11-31(12-10-30)23-20-22(26-14-27-23)29-21(28-20)16-6-2-4-8-18(16)25/h1-8,14H,9-13H2,(H,26,27,28,29). The van der Waals surface area contributed by atoms with Crippen LogP contribution < -0.4 is 4.90 Å². The van der Waals surface area contributed by atoms with E-state index in [-0.39, 0.29) is 18.1 Å². The maximum atomic E-state index is 14.2. The predicted molar refractivity (Wildman–Crippen MR) is 121 cm³/mol. The van der Waals surface area contributed by atoms with Crippen molar-refractivity contribution in [2.45, 2.75) is 6.42 Å². The molecule has 0 aliphatic carbocycles. The number of benzene rings is 2. The fourth-order valence-electron chi connectivity index (χ4n) is 3.92. The fourth-order valence-corrected chi connectivity index (χ4v) is 4.12. The highest BCUT2D eigenvalue weighted by molar-refractivity contribution is 6.31. The van der Waals surface area contributed by atoms with Crippen molar-refractivity contribution in [2.24, 2.45) is 0 Å². The Hall–Kier alpha value is -3.52. The van der Waals surface area contributed by atoms with Gasteiger partial charge in [0.2, 0.25) is 5.91 Å². The van der Waals surface area contributed by atoms with Gasteiger partial charge in [0.05, 0.1) is 12.0 Å². The first-order valence-electron chi connectivity index (χ1n) is 10.3. The number of nitrogens with one attached hydrogen (secondary N) is 1. The number of aromatic amines is 1. The van der Waals surface area contributed by atoms with Crippen LogP contribution in [0.3, 0.4) is 0 Å². The van der Waals surface area contributed by atoms with Crippen LogP contribution in [0.25, 0.3) is 22.6 Å². The summed E-state index contributed by atoms with van der Waals surface area (Å²) in [5, 5.41) is 0.604. The van der Waals surface area contributed by atoms with Gasteiger partial charge in [-0.3, -0.25) is 4.79 Å². The molecule has 1 aliphatic rings. The first-order chi connectivity index (χ1) is 15.6. The van der Waals surface area contributed by atoms with E-state index < -0.39 is 0 Å². The minimum absolute atomic E-state index is 0.0500. The monoisotopic (exact) mass is 450 g/mol. The minimum atomic E-state index is -0.355. The lowest BCUT2D eigenvalue weighted by atomic mass is 10.1. The second-order valence-corrected chi connectivity index (χ2v) is 8.00. The molecular weight excluding hydrogens is 431 g/mol. The zero-order chi connectivity index (χ0) is 22.1. The van der Waals surface area contributed by atoms with E-state index in [0.717, 1.165) is 5.56 Å². The number of piperazine rings is 1. The summed E-state index contributed by atoms with van der Waals surface area (Å²) < 4.78 is 14.2. The van der Waals surface area contributed by atoms with E-state index in [1.54, 1.807) is 24.3 Å². The molecule has 1 N–H and O–H groups in total. The van der Waals surface area contributed by atoms with Crippen molar-refractivity contribution >= 4 is 34.5 Å². The summed E-state index contributed by atoms with van der Waals surface area (Å²) in [6.45, 7) is 2.38. The summed E-state index contributed by atoms with van der Waals surface area (Å²) in [6.07, 6.45) is 1.74. The van der Waals surface area contributed by atoms with E-state index in [1.807, 2.05) is 23.1 Å². The van der Waals surface area contributed by atoms with Gasteiger partial charge in [-0.1, -0.05) is 41.9 Å². The lowest BCUT2D eigenvalue weighted by molar-refractivity contribution is -0.130. The number of hydrogen-bond donors (Lipinski definition) is 1. The molecule has 7 nitrogen and oxygen atoms in total. The Morgan fingerprint density at radius 3 is 2.56 bits per heavy atom. The topological polar surface area (TPSA) is 78.0 Å². The van der Waals surface area contributed by atoms with Gasteiger partial charge in [0.25, 0.3) is 0 Å². The molecule has 1 saturated heterocycles. The molecule has 5 rings (SSSR count). The first-order valence-corrected chi connectivity index (χ1v) is 10.7. The number of halogens is 2. The van der Waals surface area contributed by atoms with Crippen LogP contribution in [0.5, 0.6) is 0 Å². The SMILES string of the molecule is O=C(Cc1ccccc1Cl)N1CCN(c2ncnc3nc(-c4ccccc4F)[nH]c23)CC1. The summed E-state index contributed by atoms with van der Waals surface area (Å²) in [4.78, 5) is 33.0. The van der Waals surface area contributed by atoms with Gasteiger partial charge in [-0.2, -0.15) is 0 Å². The van der Waals surface area contributed by atoms with Gasteiger partial charge in [-0.25, -0.2) is 19.3 Å². The van der Waals surface area contributed by atoms with Gasteiger partial charge in [0.15, 0.2) is 11.5 Å². The number of fused-ring (bicyclic) bond motifs is 1. The average molecular weight is 451 g/mol. The van der Waals surface area contributed by atoms with Crippen LogP contribution in [0.1, 0.15) is 5.56 Å². The largest absolute Gasteiger partial charge is 0.351 e. The molecule has 32 heavy (non-hydrogen) atoms. The van der Waals surface area contributed by atoms with Gasteiger partial charge in [0, 0.05) is 31.2 Å². The molecular formula is C23H20ClFN6O. The lowest BCUT2D eigenvalue weighted by Gasteiger charge is -2.35. The van der Waals surface area contributed by atoms with Crippen LogP contribution in [0.4, 0.5) is 10.2 Å². The van der Waals surface area contributed by atoms with E-state index in [9.17, 15) is 9.18 Å². The smallest absolute Gasteiger partial charge is 0.227 e. The molecule has 0 unspecified atom stereocenters. The molecule has 0 spiro atoms. The maximum Gasteiger partial charge on any atom is 0.227 e. The molecule has 1 fully saturated rings. The van der Waals surface area contributed by atoms with Crippen molar-refractivity contribution in [3.8, 4) is 11.4 Å². The normalized spacial score (nSPS) is 14.2. The Labute approximate surface area is 188 Å². The summed E-state index contributed by atoms with van der Waals surface area (Å²) in [7, 11) is 0. The Morgan fingerprint density at radius 1 is 1.03 bits per heavy atom. The van der Waals surface area contributed by atoms with E-state index >= 15 is 0 Å². The highest BCUT2D eigenvalue weighted by atomic mass is 35.5. The van der Waals surface area contributed by atoms with Gasteiger partial charge < -0.3 is 14.8 Å². The van der Waals surface area contributed by atoms with Crippen LogP contribution >= 0.6 is 11.6 Å². The molecule has 2 aromatic heterocycles. The number of amides is 1. The van der Waals surface area contributed by atoms with Crippen molar-refractivity contribution in [3.05, 3.63) is 71.3 Å². The summed E-state index contributed by atoms with van der Waals surface area (Å²) >= 11 is 6.20. The molecule has 9 heteroatoms. The van der Waals surface area contributed by atoms with Gasteiger partial charge in [0.1, 0.15) is 23.5 Å². The van der Waals surface area contributed by atoms with Gasteiger partial charge in [-0.05, 0) is 23.8 Å². The number of rotatable bonds is 4. The van der Waals surface area contributed by atoms with Crippen LogP contribution in [0.15, 0.2) is 54.9 Å². The Bertz CT molecular complexity index is 1280.